The van der Waals surface area contributed by atoms with E-state index in [0.717, 1.165) is 25.1 Å². The summed E-state index contributed by atoms with van der Waals surface area (Å²) in [6.07, 6.45) is 0.855. The Morgan fingerprint density at radius 1 is 1.08 bits per heavy atom. The van der Waals surface area contributed by atoms with E-state index >= 15 is 0 Å². The van der Waals surface area contributed by atoms with E-state index in [-0.39, 0.29) is 43.5 Å². The third-order valence-corrected chi connectivity index (χ3v) is 8.90. The molecule has 196 valence electrons. The number of hydrogen-bond acceptors (Lipinski definition) is 6. The van der Waals surface area contributed by atoms with Gasteiger partial charge in [0.05, 0.1) is 17.9 Å². The van der Waals surface area contributed by atoms with E-state index in [1.54, 1.807) is 36.4 Å². The molecule has 2 aromatic carbocycles. The maximum atomic E-state index is 13.5. The molecule has 0 spiro atoms. The Kier molecular flexibility index (Phi) is 8.57. The molecule has 2 heterocycles. The minimum Gasteiger partial charge on any atom is -0.490 e. The summed E-state index contributed by atoms with van der Waals surface area (Å²) in [5.74, 6) is 0.469. The van der Waals surface area contributed by atoms with E-state index in [0.29, 0.717) is 23.9 Å². The molecule has 0 saturated carbocycles. The highest BCUT2D eigenvalue weighted by molar-refractivity contribution is 7.89. The molecule has 0 N–H and O–H groups in total. The maximum absolute atomic E-state index is 13.5. The predicted octanol–water partition coefficient (Wildman–Crippen LogP) is 2.91. The molecule has 2 aliphatic rings. The number of amides is 1. The smallest absolute Gasteiger partial charge is 0.243 e. The molecule has 1 amide bonds. The van der Waals surface area contributed by atoms with Gasteiger partial charge in [0.2, 0.25) is 15.9 Å². The second kappa shape index (κ2) is 11.5. The zero-order chi connectivity index (χ0) is 25.8. The lowest BCUT2D eigenvalue weighted by Crippen LogP contribution is -2.59. The molecular weight excluding hydrogens is 502 g/mol. The molecule has 0 aromatic heterocycles. The van der Waals surface area contributed by atoms with Crippen molar-refractivity contribution in [3.05, 3.63) is 59.1 Å². The van der Waals surface area contributed by atoms with Crippen molar-refractivity contribution in [3.63, 3.8) is 0 Å². The van der Waals surface area contributed by atoms with Gasteiger partial charge in [0.25, 0.3) is 0 Å². The summed E-state index contributed by atoms with van der Waals surface area (Å²) in [6.45, 7) is 5.30. The first-order valence-corrected chi connectivity index (χ1v) is 14.1. The van der Waals surface area contributed by atoms with E-state index < -0.39 is 15.6 Å². The number of halogens is 1. The first kappa shape index (κ1) is 26.9. The number of carbonyl (C=O) groups is 1. The largest absolute Gasteiger partial charge is 0.490 e. The van der Waals surface area contributed by atoms with Crippen LogP contribution in [0.3, 0.4) is 0 Å². The predicted molar refractivity (Wildman–Crippen MR) is 139 cm³/mol. The summed E-state index contributed by atoms with van der Waals surface area (Å²) in [6, 6.07) is 13.9. The van der Waals surface area contributed by atoms with Gasteiger partial charge in [-0.15, -0.1) is 0 Å². The Bertz CT molecular complexity index is 1150. The average Bonchev–Trinajstić information content (AvgIpc) is 2.88. The first-order valence-electron chi connectivity index (χ1n) is 12.3. The van der Waals surface area contributed by atoms with Gasteiger partial charge in [-0.2, -0.15) is 4.31 Å². The second-order valence-corrected chi connectivity index (χ2v) is 11.8. The molecule has 0 aliphatic carbocycles. The minimum atomic E-state index is -3.77. The SMILES string of the molecule is CCc1ccc(S(=O)(=O)N2CCO[C@@](COc3cccc(Cl)c3)(CC(=O)N3CCN(C)CC3)C2)cc1. The molecule has 0 bridgehead atoms. The summed E-state index contributed by atoms with van der Waals surface area (Å²) in [5.41, 5.74) is -0.0600. The van der Waals surface area contributed by atoms with Crippen LogP contribution in [-0.4, -0.2) is 93.6 Å². The van der Waals surface area contributed by atoms with Crippen LogP contribution < -0.4 is 4.74 Å². The van der Waals surface area contributed by atoms with Crippen molar-refractivity contribution < 1.29 is 22.7 Å². The van der Waals surface area contributed by atoms with Crippen molar-refractivity contribution in [2.24, 2.45) is 0 Å². The Balaban J connectivity index is 1.56. The number of likely N-dealkylation sites (N-methyl/N-ethyl adjacent to an activating group) is 1. The van der Waals surface area contributed by atoms with Gasteiger partial charge in [-0.05, 0) is 49.4 Å². The number of hydrogen-bond donors (Lipinski definition) is 0. The van der Waals surface area contributed by atoms with Crippen LogP contribution in [0.2, 0.25) is 5.02 Å². The number of nitrogens with zero attached hydrogens (tertiary/aromatic N) is 3. The van der Waals surface area contributed by atoms with Crippen LogP contribution in [0.5, 0.6) is 5.75 Å². The van der Waals surface area contributed by atoms with Gasteiger partial charge >= 0.3 is 0 Å². The normalized spacial score (nSPS) is 21.9. The lowest BCUT2D eigenvalue weighted by molar-refractivity contribution is -0.151. The third-order valence-electron chi connectivity index (χ3n) is 6.81. The maximum Gasteiger partial charge on any atom is 0.243 e. The number of carbonyl (C=O) groups excluding carboxylic acids is 1. The molecule has 36 heavy (non-hydrogen) atoms. The highest BCUT2D eigenvalue weighted by Gasteiger charge is 2.44. The Morgan fingerprint density at radius 3 is 2.47 bits per heavy atom. The number of benzene rings is 2. The lowest BCUT2D eigenvalue weighted by atomic mass is 9.97. The number of morpholine rings is 1. The van der Waals surface area contributed by atoms with Crippen LogP contribution in [0.4, 0.5) is 0 Å². The van der Waals surface area contributed by atoms with Crippen LogP contribution in [0.15, 0.2) is 53.4 Å². The molecule has 4 rings (SSSR count). The van der Waals surface area contributed by atoms with Crippen molar-refractivity contribution in [1.29, 1.82) is 0 Å². The van der Waals surface area contributed by atoms with E-state index in [9.17, 15) is 13.2 Å². The quantitative estimate of drug-likeness (QED) is 0.517. The fraction of sp³-hybridized carbons (Fsp3) is 0.500. The van der Waals surface area contributed by atoms with E-state index in [4.69, 9.17) is 21.1 Å². The van der Waals surface area contributed by atoms with Crippen LogP contribution in [0.25, 0.3) is 0 Å². The number of rotatable bonds is 8. The Labute approximate surface area is 218 Å². The van der Waals surface area contributed by atoms with Crippen molar-refractivity contribution in [3.8, 4) is 5.75 Å². The lowest BCUT2D eigenvalue weighted by Gasteiger charge is -2.43. The van der Waals surface area contributed by atoms with Gasteiger partial charge in [-0.1, -0.05) is 36.7 Å². The van der Waals surface area contributed by atoms with Gasteiger partial charge in [-0.25, -0.2) is 8.42 Å². The van der Waals surface area contributed by atoms with Gasteiger partial charge in [-0.3, -0.25) is 4.79 Å². The summed E-state index contributed by atoms with van der Waals surface area (Å²) in [4.78, 5) is 17.6. The summed E-state index contributed by atoms with van der Waals surface area (Å²) < 4.78 is 40.7. The first-order chi connectivity index (χ1) is 17.2. The van der Waals surface area contributed by atoms with E-state index in [2.05, 4.69) is 4.90 Å². The standard InChI is InChI=1S/C26H34ClN3O5S/c1-3-21-7-9-24(10-8-21)36(32,33)30-15-16-35-26(19-30,20-34-23-6-4-5-22(27)17-23)18-25(31)29-13-11-28(2)12-14-29/h4-10,17H,3,11-16,18-20H2,1-2H3/t26-/m0/s1. The molecule has 0 radical (unpaired) electrons. The zero-order valence-electron chi connectivity index (χ0n) is 20.9. The highest BCUT2D eigenvalue weighted by Crippen LogP contribution is 2.30. The average molecular weight is 536 g/mol. The van der Waals surface area contributed by atoms with E-state index in [1.807, 2.05) is 31.0 Å². The molecule has 10 heteroatoms. The van der Waals surface area contributed by atoms with Gasteiger partial charge < -0.3 is 19.3 Å². The van der Waals surface area contributed by atoms with Crippen LogP contribution in [0, 0.1) is 0 Å². The zero-order valence-corrected chi connectivity index (χ0v) is 22.4. The number of ether oxygens (including phenoxy) is 2. The minimum absolute atomic E-state index is 0.0188. The number of piperazine rings is 1. The molecule has 0 unspecified atom stereocenters. The van der Waals surface area contributed by atoms with Crippen LogP contribution >= 0.6 is 11.6 Å². The Morgan fingerprint density at radius 2 is 1.81 bits per heavy atom. The highest BCUT2D eigenvalue weighted by atomic mass is 35.5. The van der Waals surface area contributed by atoms with Gasteiger partial charge in [0, 0.05) is 44.3 Å². The number of sulfonamides is 1. The molecule has 2 saturated heterocycles. The van der Waals surface area contributed by atoms with Crippen molar-refractivity contribution >= 4 is 27.5 Å². The van der Waals surface area contributed by atoms with Crippen molar-refractivity contribution in [2.75, 3.05) is 59.5 Å². The summed E-state index contributed by atoms with van der Waals surface area (Å²) in [5, 5.41) is 0.527. The van der Waals surface area contributed by atoms with E-state index in [1.165, 1.54) is 4.31 Å². The third kappa shape index (κ3) is 6.39. The number of aryl methyl sites for hydroxylation is 1. The fourth-order valence-electron chi connectivity index (χ4n) is 4.52. The fourth-order valence-corrected chi connectivity index (χ4v) is 6.20. The van der Waals surface area contributed by atoms with Crippen LogP contribution in [-0.2, 0) is 26.0 Å². The molecule has 8 nitrogen and oxygen atoms in total. The molecule has 1 atom stereocenters. The molecule has 2 aromatic rings. The Hall–Kier alpha value is -2.17. The van der Waals surface area contributed by atoms with Gasteiger partial charge in [0.1, 0.15) is 18.0 Å². The molecular formula is C26H34ClN3O5S. The summed E-state index contributed by atoms with van der Waals surface area (Å²) in [7, 11) is -1.74. The summed E-state index contributed by atoms with van der Waals surface area (Å²) >= 11 is 6.11. The van der Waals surface area contributed by atoms with Crippen LogP contribution in [0.1, 0.15) is 18.9 Å². The monoisotopic (exact) mass is 535 g/mol. The van der Waals surface area contributed by atoms with Crippen molar-refractivity contribution in [1.82, 2.24) is 14.1 Å². The second-order valence-electron chi connectivity index (χ2n) is 9.47. The van der Waals surface area contributed by atoms with Gasteiger partial charge in [0.15, 0.2) is 0 Å². The topological polar surface area (TPSA) is 79.4 Å². The van der Waals surface area contributed by atoms with Crippen molar-refractivity contribution in [2.45, 2.75) is 30.3 Å². The molecule has 2 fully saturated rings. The molecule has 2 aliphatic heterocycles.